The maximum Gasteiger partial charge on any atom is 0.119 e. The summed E-state index contributed by atoms with van der Waals surface area (Å²) in [6.07, 6.45) is 8.05. The molecule has 0 spiro atoms. The Labute approximate surface area is 115 Å². The minimum atomic E-state index is 0.793. The van der Waals surface area contributed by atoms with Crippen molar-refractivity contribution in [2.24, 2.45) is 5.16 Å². The van der Waals surface area contributed by atoms with E-state index in [0.717, 1.165) is 42.9 Å². The number of hydrogen-bond acceptors (Lipinski definition) is 3. The van der Waals surface area contributed by atoms with Gasteiger partial charge in [0, 0.05) is 5.56 Å². The molecule has 0 bridgehead atoms. The highest BCUT2D eigenvalue weighted by Gasteiger charge is 2.18. The predicted octanol–water partition coefficient (Wildman–Crippen LogP) is 4.16. The van der Waals surface area contributed by atoms with E-state index in [4.69, 9.17) is 9.94 Å². The van der Waals surface area contributed by atoms with E-state index in [0.29, 0.717) is 0 Å². The van der Waals surface area contributed by atoms with Gasteiger partial charge in [-0.25, -0.2) is 0 Å². The van der Waals surface area contributed by atoms with Crippen LogP contribution in [0.3, 0.4) is 0 Å². The summed E-state index contributed by atoms with van der Waals surface area (Å²) in [5.74, 6) is 0.938. The highest BCUT2D eigenvalue weighted by molar-refractivity contribution is 6.04. The Balaban J connectivity index is 1.80. The molecule has 0 fully saturated rings. The number of aryl methyl sites for hydroxylation is 1. The van der Waals surface area contributed by atoms with E-state index in [9.17, 15) is 0 Å². The summed E-state index contributed by atoms with van der Waals surface area (Å²) in [4.78, 5) is 0. The molecule has 0 amide bonds. The smallest absolute Gasteiger partial charge is 0.119 e. The quantitative estimate of drug-likeness (QED) is 0.455. The number of hydrogen-bond donors (Lipinski definition) is 1. The van der Waals surface area contributed by atoms with E-state index < -0.39 is 0 Å². The van der Waals surface area contributed by atoms with Crippen molar-refractivity contribution in [1.29, 1.82) is 0 Å². The Hall–Kier alpha value is -1.51. The van der Waals surface area contributed by atoms with Crippen molar-refractivity contribution in [3.63, 3.8) is 0 Å². The van der Waals surface area contributed by atoms with E-state index in [1.807, 2.05) is 12.1 Å². The van der Waals surface area contributed by atoms with Gasteiger partial charge < -0.3 is 9.94 Å². The third-order valence-corrected chi connectivity index (χ3v) is 3.66. The molecule has 1 aromatic rings. The van der Waals surface area contributed by atoms with Crippen LogP contribution in [0, 0.1) is 0 Å². The third-order valence-electron chi connectivity index (χ3n) is 3.66. The first-order chi connectivity index (χ1) is 9.35. The molecule has 0 radical (unpaired) electrons. The van der Waals surface area contributed by atoms with Gasteiger partial charge in [-0.2, -0.15) is 0 Å². The highest BCUT2D eigenvalue weighted by atomic mass is 16.5. The predicted molar refractivity (Wildman–Crippen MR) is 77.3 cm³/mol. The fourth-order valence-electron chi connectivity index (χ4n) is 2.54. The number of ether oxygens (including phenoxy) is 1. The summed E-state index contributed by atoms with van der Waals surface area (Å²) in [5, 5.41) is 12.2. The van der Waals surface area contributed by atoms with Crippen molar-refractivity contribution in [2.45, 2.75) is 51.9 Å². The van der Waals surface area contributed by atoms with Gasteiger partial charge in [0.15, 0.2) is 0 Å². The molecule has 0 aliphatic heterocycles. The Morgan fingerprint density at radius 2 is 2.00 bits per heavy atom. The van der Waals surface area contributed by atoms with Crippen LogP contribution in [0.15, 0.2) is 23.4 Å². The summed E-state index contributed by atoms with van der Waals surface area (Å²) >= 11 is 0. The van der Waals surface area contributed by atoms with Gasteiger partial charge in [-0.05, 0) is 43.0 Å². The average molecular weight is 261 g/mol. The summed E-state index contributed by atoms with van der Waals surface area (Å²) in [6.45, 7) is 3.02. The molecule has 3 heteroatoms. The second kappa shape index (κ2) is 7.17. The lowest BCUT2D eigenvalue weighted by Crippen LogP contribution is -1.99. The van der Waals surface area contributed by atoms with E-state index in [1.54, 1.807) is 0 Å². The van der Waals surface area contributed by atoms with Gasteiger partial charge in [-0.1, -0.05) is 37.8 Å². The minimum absolute atomic E-state index is 0.793. The molecule has 1 aliphatic rings. The van der Waals surface area contributed by atoms with E-state index in [1.165, 1.54) is 31.2 Å². The topological polar surface area (TPSA) is 41.8 Å². The zero-order valence-electron chi connectivity index (χ0n) is 11.7. The molecule has 1 N–H and O–H groups in total. The van der Waals surface area contributed by atoms with Crippen molar-refractivity contribution in [3.8, 4) is 5.75 Å². The molecule has 0 aromatic heterocycles. The second-order valence-electron chi connectivity index (χ2n) is 5.13. The lowest BCUT2D eigenvalue weighted by Gasteiger charge is -2.08. The summed E-state index contributed by atoms with van der Waals surface area (Å²) in [7, 11) is 0. The van der Waals surface area contributed by atoms with Crippen molar-refractivity contribution >= 4 is 5.71 Å². The van der Waals surface area contributed by atoms with Gasteiger partial charge in [0.05, 0.1) is 12.3 Å². The van der Waals surface area contributed by atoms with Crippen LogP contribution >= 0.6 is 0 Å². The van der Waals surface area contributed by atoms with Crippen LogP contribution in [0.1, 0.15) is 56.6 Å². The van der Waals surface area contributed by atoms with Crippen molar-refractivity contribution in [1.82, 2.24) is 0 Å². The van der Waals surface area contributed by atoms with Crippen molar-refractivity contribution < 1.29 is 9.94 Å². The van der Waals surface area contributed by atoms with Gasteiger partial charge in [-0.15, -0.1) is 0 Å². The van der Waals surface area contributed by atoms with Gasteiger partial charge >= 0.3 is 0 Å². The summed E-state index contributed by atoms with van der Waals surface area (Å²) in [5.41, 5.74) is 3.09. The zero-order chi connectivity index (χ0) is 13.5. The number of benzene rings is 1. The molecule has 19 heavy (non-hydrogen) atoms. The minimum Gasteiger partial charge on any atom is -0.494 e. The first-order valence-electron chi connectivity index (χ1n) is 7.32. The molecule has 3 nitrogen and oxygen atoms in total. The van der Waals surface area contributed by atoms with Crippen LogP contribution in [0.25, 0.3) is 0 Å². The molecule has 104 valence electrons. The summed E-state index contributed by atoms with van der Waals surface area (Å²) < 4.78 is 5.78. The monoisotopic (exact) mass is 261 g/mol. The maximum absolute atomic E-state index is 8.88. The molecule has 0 unspecified atom stereocenters. The molecule has 2 rings (SSSR count). The normalized spacial score (nSPS) is 15.7. The summed E-state index contributed by atoms with van der Waals surface area (Å²) in [6, 6.07) is 6.06. The van der Waals surface area contributed by atoms with Crippen LogP contribution in [-0.2, 0) is 6.42 Å². The number of nitrogens with zero attached hydrogens (tertiary/aromatic N) is 1. The van der Waals surface area contributed by atoms with E-state index >= 15 is 0 Å². The Morgan fingerprint density at radius 1 is 1.16 bits per heavy atom. The highest BCUT2D eigenvalue weighted by Crippen LogP contribution is 2.26. The molecule has 0 atom stereocenters. The third kappa shape index (κ3) is 3.72. The van der Waals surface area contributed by atoms with Crippen LogP contribution in [0.5, 0.6) is 5.75 Å². The van der Waals surface area contributed by atoms with Crippen LogP contribution in [0.2, 0.25) is 0 Å². The van der Waals surface area contributed by atoms with E-state index in [2.05, 4.69) is 18.1 Å². The van der Waals surface area contributed by atoms with Crippen LogP contribution in [-0.4, -0.2) is 17.5 Å². The number of rotatable bonds is 7. The lowest BCUT2D eigenvalue weighted by molar-refractivity contribution is 0.304. The lowest BCUT2D eigenvalue weighted by atomic mass is 10.1. The molecular weight excluding hydrogens is 238 g/mol. The second-order valence-corrected chi connectivity index (χ2v) is 5.13. The van der Waals surface area contributed by atoms with Gasteiger partial charge in [-0.3, -0.25) is 0 Å². The molecule has 1 aliphatic carbocycles. The zero-order valence-corrected chi connectivity index (χ0v) is 11.7. The van der Waals surface area contributed by atoms with Crippen molar-refractivity contribution in [2.75, 3.05) is 6.61 Å². The van der Waals surface area contributed by atoms with Gasteiger partial charge in [0.2, 0.25) is 0 Å². The molecule has 0 saturated heterocycles. The van der Waals surface area contributed by atoms with E-state index in [-0.39, 0.29) is 0 Å². The average Bonchev–Trinajstić information content (AvgIpc) is 2.85. The standard InChI is InChI=1S/C16H23NO2/c1-2-3-4-5-6-11-19-14-8-9-15-13(12-14)7-10-16(15)17-18/h8-9,12,18H,2-7,10-11H2,1H3/b17-16+. The number of unbranched alkanes of at least 4 members (excludes halogenated alkanes) is 4. The number of oxime groups is 1. The fourth-order valence-corrected chi connectivity index (χ4v) is 2.54. The molecule has 0 saturated carbocycles. The Kier molecular flexibility index (Phi) is 5.25. The van der Waals surface area contributed by atoms with Gasteiger partial charge in [0.25, 0.3) is 0 Å². The molecule has 1 aromatic carbocycles. The van der Waals surface area contributed by atoms with Crippen LogP contribution < -0.4 is 4.74 Å². The molecular formula is C16H23NO2. The molecule has 0 heterocycles. The largest absolute Gasteiger partial charge is 0.494 e. The number of fused-ring (bicyclic) bond motifs is 1. The van der Waals surface area contributed by atoms with Gasteiger partial charge in [0.1, 0.15) is 5.75 Å². The fraction of sp³-hybridized carbons (Fsp3) is 0.562. The SMILES string of the molecule is CCCCCCCOc1ccc2c(c1)CC/C2=N\O. The first-order valence-corrected chi connectivity index (χ1v) is 7.32. The Morgan fingerprint density at radius 3 is 2.79 bits per heavy atom. The first kappa shape index (κ1) is 13.9. The maximum atomic E-state index is 8.88. The Bertz CT molecular complexity index is 440. The van der Waals surface area contributed by atoms with Crippen molar-refractivity contribution in [3.05, 3.63) is 29.3 Å². The van der Waals surface area contributed by atoms with Crippen LogP contribution in [0.4, 0.5) is 0 Å².